The molecule has 1 atom stereocenters. The van der Waals surface area contributed by atoms with Gasteiger partial charge < -0.3 is 10.2 Å². The minimum absolute atomic E-state index is 0.526. The van der Waals surface area contributed by atoms with Crippen molar-refractivity contribution in [2.75, 3.05) is 18.5 Å². The van der Waals surface area contributed by atoms with Gasteiger partial charge in [-0.2, -0.15) is 11.3 Å². The molecule has 0 aliphatic heterocycles. The standard InChI is InChI=1S/C16H25N3S2/c1-5-12(3)15-14(9-17-6-2)21-16(18-15)19(4)10-13-7-8-20-11-13/h7-8,11-12,17H,5-6,9-10H2,1-4H3. The van der Waals surface area contributed by atoms with Crippen LogP contribution in [0.1, 0.15) is 49.2 Å². The van der Waals surface area contributed by atoms with E-state index in [1.54, 1.807) is 11.3 Å². The first-order valence-electron chi connectivity index (χ1n) is 7.58. The maximum Gasteiger partial charge on any atom is 0.185 e. The van der Waals surface area contributed by atoms with Crippen molar-refractivity contribution in [2.24, 2.45) is 0 Å². The summed E-state index contributed by atoms with van der Waals surface area (Å²) in [6.07, 6.45) is 1.14. The molecule has 0 saturated carbocycles. The van der Waals surface area contributed by atoms with Crippen molar-refractivity contribution in [3.63, 3.8) is 0 Å². The smallest absolute Gasteiger partial charge is 0.185 e. The molecule has 0 fully saturated rings. The minimum Gasteiger partial charge on any atom is -0.347 e. The van der Waals surface area contributed by atoms with Crippen molar-refractivity contribution in [3.05, 3.63) is 33.0 Å². The zero-order valence-electron chi connectivity index (χ0n) is 13.3. The van der Waals surface area contributed by atoms with Gasteiger partial charge in [0, 0.05) is 25.0 Å². The first kappa shape index (κ1) is 16.5. The molecule has 0 spiro atoms. The molecule has 0 aliphatic carbocycles. The van der Waals surface area contributed by atoms with E-state index in [1.165, 1.54) is 16.1 Å². The molecule has 0 aliphatic rings. The van der Waals surface area contributed by atoms with E-state index in [4.69, 9.17) is 4.98 Å². The number of hydrogen-bond acceptors (Lipinski definition) is 5. The second kappa shape index (κ2) is 7.92. The van der Waals surface area contributed by atoms with Gasteiger partial charge in [-0.25, -0.2) is 4.98 Å². The van der Waals surface area contributed by atoms with Gasteiger partial charge >= 0.3 is 0 Å². The Balaban J connectivity index is 2.16. The van der Waals surface area contributed by atoms with Gasteiger partial charge in [-0.3, -0.25) is 0 Å². The van der Waals surface area contributed by atoms with E-state index in [0.29, 0.717) is 5.92 Å². The van der Waals surface area contributed by atoms with E-state index in [0.717, 1.165) is 31.2 Å². The highest BCUT2D eigenvalue weighted by Gasteiger charge is 2.17. The predicted molar refractivity (Wildman–Crippen MR) is 94.6 cm³/mol. The van der Waals surface area contributed by atoms with Gasteiger partial charge in [-0.05, 0) is 41.3 Å². The highest BCUT2D eigenvalue weighted by molar-refractivity contribution is 7.15. The molecule has 21 heavy (non-hydrogen) atoms. The Labute approximate surface area is 136 Å². The first-order valence-corrected chi connectivity index (χ1v) is 9.34. The van der Waals surface area contributed by atoms with Crippen LogP contribution in [0.25, 0.3) is 0 Å². The third kappa shape index (κ3) is 4.28. The lowest BCUT2D eigenvalue weighted by Crippen LogP contribution is -2.15. The second-order valence-electron chi connectivity index (χ2n) is 5.38. The molecule has 0 amide bonds. The molecule has 2 aromatic heterocycles. The molecular weight excluding hydrogens is 298 g/mol. The van der Waals surface area contributed by atoms with Crippen molar-refractivity contribution in [3.8, 4) is 0 Å². The second-order valence-corrected chi connectivity index (χ2v) is 7.22. The van der Waals surface area contributed by atoms with Gasteiger partial charge in [0.1, 0.15) is 0 Å². The Morgan fingerprint density at radius 2 is 2.19 bits per heavy atom. The third-order valence-corrected chi connectivity index (χ3v) is 5.57. The van der Waals surface area contributed by atoms with Crippen molar-refractivity contribution < 1.29 is 0 Å². The Bertz CT molecular complexity index is 534. The molecule has 0 aromatic carbocycles. The third-order valence-electron chi connectivity index (χ3n) is 3.66. The van der Waals surface area contributed by atoms with Gasteiger partial charge in [0.15, 0.2) is 5.13 Å². The highest BCUT2D eigenvalue weighted by atomic mass is 32.1. The Hall–Kier alpha value is -0.910. The molecule has 0 radical (unpaired) electrons. The summed E-state index contributed by atoms with van der Waals surface area (Å²) in [5, 5.41) is 8.90. The molecule has 2 heterocycles. The van der Waals surface area contributed by atoms with Crippen molar-refractivity contribution in [2.45, 2.75) is 46.2 Å². The number of nitrogens with zero attached hydrogens (tertiary/aromatic N) is 2. The summed E-state index contributed by atoms with van der Waals surface area (Å²) in [4.78, 5) is 8.57. The number of hydrogen-bond donors (Lipinski definition) is 1. The minimum atomic E-state index is 0.526. The Morgan fingerprint density at radius 1 is 1.38 bits per heavy atom. The van der Waals surface area contributed by atoms with E-state index >= 15 is 0 Å². The molecular formula is C16H25N3S2. The summed E-state index contributed by atoms with van der Waals surface area (Å²) in [5.74, 6) is 0.526. The maximum atomic E-state index is 4.92. The summed E-state index contributed by atoms with van der Waals surface area (Å²) in [6, 6.07) is 2.18. The van der Waals surface area contributed by atoms with E-state index in [9.17, 15) is 0 Å². The topological polar surface area (TPSA) is 28.2 Å². The van der Waals surface area contributed by atoms with Crippen LogP contribution in [-0.4, -0.2) is 18.6 Å². The summed E-state index contributed by atoms with van der Waals surface area (Å²) >= 11 is 3.58. The largest absolute Gasteiger partial charge is 0.347 e. The van der Waals surface area contributed by atoms with Gasteiger partial charge in [-0.1, -0.05) is 20.8 Å². The average molecular weight is 324 g/mol. The van der Waals surface area contributed by atoms with E-state index in [2.05, 4.69) is 54.9 Å². The number of nitrogens with one attached hydrogen (secondary N) is 1. The number of anilines is 1. The van der Waals surface area contributed by atoms with Gasteiger partial charge in [0.05, 0.1) is 5.69 Å². The van der Waals surface area contributed by atoms with Crippen molar-refractivity contribution in [1.29, 1.82) is 0 Å². The molecule has 2 aromatic rings. The number of thiazole rings is 1. The van der Waals surface area contributed by atoms with E-state index in [-0.39, 0.29) is 0 Å². The normalized spacial score (nSPS) is 12.6. The van der Waals surface area contributed by atoms with E-state index in [1.807, 2.05) is 11.3 Å². The van der Waals surface area contributed by atoms with Crippen molar-refractivity contribution >= 4 is 27.8 Å². The van der Waals surface area contributed by atoms with Crippen LogP contribution in [0.5, 0.6) is 0 Å². The fraction of sp³-hybridized carbons (Fsp3) is 0.562. The predicted octanol–water partition coefficient (Wildman–Crippen LogP) is 4.46. The van der Waals surface area contributed by atoms with Gasteiger partial charge in [-0.15, -0.1) is 11.3 Å². The SMILES string of the molecule is CCNCc1sc(N(C)Cc2ccsc2)nc1C(C)CC. The van der Waals surface area contributed by atoms with Crippen LogP contribution < -0.4 is 10.2 Å². The van der Waals surface area contributed by atoms with Gasteiger partial charge in [0.25, 0.3) is 0 Å². The molecule has 0 saturated heterocycles. The zero-order valence-corrected chi connectivity index (χ0v) is 15.0. The molecule has 3 nitrogen and oxygen atoms in total. The van der Waals surface area contributed by atoms with Crippen LogP contribution in [0.2, 0.25) is 0 Å². The number of aromatic nitrogens is 1. The van der Waals surface area contributed by atoms with Crippen LogP contribution in [0.3, 0.4) is 0 Å². The lowest BCUT2D eigenvalue weighted by Gasteiger charge is -2.14. The van der Waals surface area contributed by atoms with Crippen LogP contribution in [0, 0.1) is 0 Å². The van der Waals surface area contributed by atoms with E-state index < -0.39 is 0 Å². The highest BCUT2D eigenvalue weighted by Crippen LogP contribution is 2.32. The number of thiophene rings is 1. The Morgan fingerprint density at radius 3 is 2.81 bits per heavy atom. The van der Waals surface area contributed by atoms with Crippen LogP contribution in [-0.2, 0) is 13.1 Å². The quantitative estimate of drug-likeness (QED) is 0.777. The summed E-state index contributed by atoms with van der Waals surface area (Å²) in [6.45, 7) is 9.51. The lowest BCUT2D eigenvalue weighted by atomic mass is 10.0. The molecule has 5 heteroatoms. The molecule has 0 bridgehead atoms. The monoisotopic (exact) mass is 323 g/mol. The summed E-state index contributed by atoms with van der Waals surface area (Å²) < 4.78 is 0. The fourth-order valence-corrected chi connectivity index (χ4v) is 3.95. The summed E-state index contributed by atoms with van der Waals surface area (Å²) in [5.41, 5.74) is 2.63. The average Bonchev–Trinajstić information content (AvgIpc) is 3.13. The van der Waals surface area contributed by atoms with Crippen LogP contribution in [0.4, 0.5) is 5.13 Å². The summed E-state index contributed by atoms with van der Waals surface area (Å²) in [7, 11) is 2.13. The van der Waals surface area contributed by atoms with Crippen molar-refractivity contribution in [1.82, 2.24) is 10.3 Å². The van der Waals surface area contributed by atoms with Crippen LogP contribution in [0.15, 0.2) is 16.8 Å². The fourth-order valence-electron chi connectivity index (χ4n) is 2.18. The zero-order chi connectivity index (χ0) is 15.2. The first-order chi connectivity index (χ1) is 10.2. The number of rotatable bonds is 8. The van der Waals surface area contributed by atoms with Gasteiger partial charge in [0.2, 0.25) is 0 Å². The molecule has 116 valence electrons. The lowest BCUT2D eigenvalue weighted by molar-refractivity contribution is 0.677. The molecule has 1 unspecified atom stereocenters. The van der Waals surface area contributed by atoms with Crippen LogP contribution >= 0.6 is 22.7 Å². The Kier molecular flexibility index (Phi) is 6.21. The maximum absolute atomic E-state index is 4.92. The molecule has 1 N–H and O–H groups in total. The molecule has 2 rings (SSSR count).